The van der Waals surface area contributed by atoms with Crippen LogP contribution in [0.4, 0.5) is 11.4 Å². The minimum atomic E-state index is 0.156. The van der Waals surface area contributed by atoms with Crippen LogP contribution in [0.15, 0.2) is 59.7 Å². The fraction of sp³-hybridized carbons (Fsp3) is 0.393. The molecule has 0 spiro atoms. The third-order valence-electron chi connectivity index (χ3n) is 6.19. The van der Waals surface area contributed by atoms with Crippen LogP contribution in [-0.4, -0.2) is 57.0 Å². The Kier molecular flexibility index (Phi) is 8.29. The average molecular weight is 432 g/mol. The van der Waals surface area contributed by atoms with Gasteiger partial charge in [-0.3, -0.25) is 9.69 Å². The third kappa shape index (κ3) is 5.68. The van der Waals surface area contributed by atoms with Crippen molar-refractivity contribution in [3.8, 4) is 0 Å². The number of likely N-dealkylation sites (N-methyl/N-ethyl adjacent to an activating group) is 1. The van der Waals surface area contributed by atoms with Crippen molar-refractivity contribution in [2.45, 2.75) is 27.7 Å². The van der Waals surface area contributed by atoms with Crippen molar-refractivity contribution in [3.05, 3.63) is 70.8 Å². The number of ketones is 1. The number of carbonyl (C=O) groups is 1. The summed E-state index contributed by atoms with van der Waals surface area (Å²) in [4.78, 5) is 20.1. The fourth-order valence-corrected chi connectivity index (χ4v) is 4.35. The Morgan fingerprint density at radius 1 is 0.688 bits per heavy atom. The number of hydrogen-bond donors (Lipinski definition) is 0. The molecule has 0 radical (unpaired) electrons. The fourth-order valence-electron chi connectivity index (χ4n) is 4.35. The number of Topliss-reactive ketones (excluding diaryl/α,β-unsaturated/α-hetero) is 1. The van der Waals surface area contributed by atoms with E-state index in [1.165, 1.54) is 11.4 Å². The Balaban J connectivity index is 1.81. The molecule has 2 aromatic carbocycles. The summed E-state index contributed by atoms with van der Waals surface area (Å²) in [5, 5.41) is 0. The lowest BCUT2D eigenvalue weighted by Crippen LogP contribution is -2.34. The Hall–Kier alpha value is -2.85. The van der Waals surface area contributed by atoms with E-state index in [0.29, 0.717) is 13.1 Å². The molecule has 2 aromatic rings. The summed E-state index contributed by atoms with van der Waals surface area (Å²) in [6.45, 7) is 14.0. The zero-order valence-electron chi connectivity index (χ0n) is 20.3. The molecule has 0 bridgehead atoms. The van der Waals surface area contributed by atoms with Crippen molar-refractivity contribution >= 4 is 29.3 Å². The molecule has 170 valence electrons. The van der Waals surface area contributed by atoms with Crippen molar-refractivity contribution in [1.29, 1.82) is 0 Å². The molecule has 1 aliphatic heterocycles. The lowest BCUT2D eigenvalue weighted by atomic mass is 9.94. The van der Waals surface area contributed by atoms with Gasteiger partial charge in [0.25, 0.3) is 0 Å². The van der Waals surface area contributed by atoms with Crippen molar-refractivity contribution in [3.63, 3.8) is 0 Å². The van der Waals surface area contributed by atoms with E-state index in [2.05, 4.69) is 98.0 Å². The Morgan fingerprint density at radius 2 is 1.03 bits per heavy atom. The number of piperidine rings is 1. The van der Waals surface area contributed by atoms with Gasteiger partial charge in [0.1, 0.15) is 0 Å². The van der Waals surface area contributed by atoms with Gasteiger partial charge in [0.15, 0.2) is 5.78 Å². The average Bonchev–Trinajstić information content (AvgIpc) is 2.80. The van der Waals surface area contributed by atoms with Gasteiger partial charge < -0.3 is 9.80 Å². The second kappa shape index (κ2) is 11.1. The number of anilines is 2. The maximum absolute atomic E-state index is 13.2. The molecular weight excluding hydrogens is 394 g/mol. The number of likely N-dealkylation sites (tertiary alicyclic amines) is 1. The number of benzene rings is 2. The molecule has 0 aromatic heterocycles. The molecule has 0 atom stereocenters. The monoisotopic (exact) mass is 431 g/mol. The van der Waals surface area contributed by atoms with E-state index >= 15 is 0 Å². The smallest absolute Gasteiger partial charge is 0.187 e. The highest BCUT2D eigenvalue weighted by molar-refractivity contribution is 6.14. The van der Waals surface area contributed by atoms with E-state index < -0.39 is 0 Å². The van der Waals surface area contributed by atoms with E-state index in [9.17, 15) is 4.79 Å². The summed E-state index contributed by atoms with van der Waals surface area (Å²) in [7, 11) is 2.07. The van der Waals surface area contributed by atoms with Gasteiger partial charge in [-0.1, -0.05) is 24.3 Å². The van der Waals surface area contributed by atoms with Crippen LogP contribution in [0.3, 0.4) is 0 Å². The lowest BCUT2D eigenvalue weighted by molar-refractivity contribution is -0.113. The molecule has 1 heterocycles. The van der Waals surface area contributed by atoms with Crippen molar-refractivity contribution < 1.29 is 4.79 Å². The van der Waals surface area contributed by atoms with Crippen LogP contribution in [0.5, 0.6) is 0 Å². The van der Waals surface area contributed by atoms with Crippen molar-refractivity contribution in [2.24, 2.45) is 0 Å². The van der Waals surface area contributed by atoms with Gasteiger partial charge in [0, 0.05) is 61.8 Å². The minimum Gasteiger partial charge on any atom is -0.372 e. The van der Waals surface area contributed by atoms with Crippen LogP contribution in [0.2, 0.25) is 0 Å². The first-order valence-electron chi connectivity index (χ1n) is 11.8. The van der Waals surface area contributed by atoms with Gasteiger partial charge in [-0.15, -0.1) is 0 Å². The molecule has 32 heavy (non-hydrogen) atoms. The topological polar surface area (TPSA) is 26.8 Å². The first kappa shape index (κ1) is 23.8. The first-order chi connectivity index (χ1) is 15.5. The lowest BCUT2D eigenvalue weighted by Gasteiger charge is -2.26. The molecule has 0 N–H and O–H groups in total. The number of hydrogen-bond acceptors (Lipinski definition) is 4. The van der Waals surface area contributed by atoms with Crippen molar-refractivity contribution in [2.75, 3.05) is 56.1 Å². The van der Waals surface area contributed by atoms with E-state index in [-0.39, 0.29) is 5.78 Å². The van der Waals surface area contributed by atoms with E-state index in [1.54, 1.807) is 0 Å². The predicted octanol–water partition coefficient (Wildman–Crippen LogP) is 5.36. The second-order valence-electron chi connectivity index (χ2n) is 8.37. The van der Waals surface area contributed by atoms with Crippen LogP contribution in [0, 0.1) is 0 Å². The standard InChI is InChI=1S/C28H37N3O/c1-6-30(7-2)26-14-10-22(11-15-26)18-24-20-29(5)21-25(28(24)32)19-23-12-16-27(17-13-23)31(8-3)9-4/h10-19H,6-9,20-21H2,1-5H3/b24-18-,25-19+. The molecule has 4 nitrogen and oxygen atoms in total. The molecule has 1 saturated heterocycles. The van der Waals surface area contributed by atoms with E-state index in [1.807, 2.05) is 12.2 Å². The minimum absolute atomic E-state index is 0.156. The zero-order valence-corrected chi connectivity index (χ0v) is 20.3. The zero-order chi connectivity index (χ0) is 23.1. The highest BCUT2D eigenvalue weighted by Gasteiger charge is 2.24. The molecule has 0 unspecified atom stereocenters. The molecular formula is C28H37N3O. The number of carbonyl (C=O) groups excluding carboxylic acids is 1. The van der Waals surface area contributed by atoms with Gasteiger partial charge in [-0.05, 0) is 82.3 Å². The van der Waals surface area contributed by atoms with Crippen LogP contribution in [0.1, 0.15) is 38.8 Å². The van der Waals surface area contributed by atoms with Crippen LogP contribution < -0.4 is 9.80 Å². The van der Waals surface area contributed by atoms with Gasteiger partial charge in [0.05, 0.1) is 0 Å². The molecule has 0 aliphatic carbocycles. The highest BCUT2D eigenvalue weighted by Crippen LogP contribution is 2.23. The molecule has 4 heteroatoms. The van der Waals surface area contributed by atoms with Crippen LogP contribution in [0.25, 0.3) is 12.2 Å². The summed E-state index contributed by atoms with van der Waals surface area (Å²) in [6, 6.07) is 17.0. The Bertz CT molecular complexity index is 872. The summed E-state index contributed by atoms with van der Waals surface area (Å²) < 4.78 is 0. The highest BCUT2D eigenvalue weighted by atomic mass is 16.1. The van der Waals surface area contributed by atoms with E-state index in [0.717, 1.165) is 48.5 Å². The van der Waals surface area contributed by atoms with Crippen molar-refractivity contribution in [1.82, 2.24) is 4.90 Å². The van der Waals surface area contributed by atoms with Gasteiger partial charge in [-0.25, -0.2) is 0 Å². The molecule has 1 aliphatic rings. The summed E-state index contributed by atoms with van der Waals surface area (Å²) >= 11 is 0. The predicted molar refractivity (Wildman–Crippen MR) is 138 cm³/mol. The second-order valence-corrected chi connectivity index (χ2v) is 8.37. The Morgan fingerprint density at radius 3 is 1.34 bits per heavy atom. The normalized spacial score (nSPS) is 17.2. The van der Waals surface area contributed by atoms with Gasteiger partial charge >= 0.3 is 0 Å². The van der Waals surface area contributed by atoms with Crippen LogP contribution in [-0.2, 0) is 4.79 Å². The SMILES string of the molecule is CCN(CC)c1ccc(/C=C2/CN(C)C/C(=C\c3ccc(N(CC)CC)cc3)C2=O)cc1. The summed E-state index contributed by atoms with van der Waals surface area (Å²) in [5.41, 5.74) is 6.28. The van der Waals surface area contributed by atoms with Gasteiger partial charge in [-0.2, -0.15) is 0 Å². The molecule has 0 saturated carbocycles. The summed E-state index contributed by atoms with van der Waals surface area (Å²) in [5.74, 6) is 0.156. The Labute approximate surface area is 193 Å². The third-order valence-corrected chi connectivity index (χ3v) is 6.19. The maximum Gasteiger partial charge on any atom is 0.187 e. The molecule has 3 rings (SSSR count). The number of rotatable bonds is 8. The maximum atomic E-state index is 13.2. The van der Waals surface area contributed by atoms with E-state index in [4.69, 9.17) is 0 Å². The number of nitrogens with zero attached hydrogens (tertiary/aromatic N) is 3. The molecule has 0 amide bonds. The van der Waals surface area contributed by atoms with Crippen LogP contribution >= 0.6 is 0 Å². The van der Waals surface area contributed by atoms with Gasteiger partial charge in [0.2, 0.25) is 0 Å². The quantitative estimate of drug-likeness (QED) is 0.526. The molecule has 1 fully saturated rings. The largest absolute Gasteiger partial charge is 0.372 e. The summed E-state index contributed by atoms with van der Waals surface area (Å²) in [6.07, 6.45) is 4.09. The first-order valence-corrected chi connectivity index (χ1v) is 11.8.